The lowest BCUT2D eigenvalue weighted by Crippen LogP contribution is -2.50. The van der Waals surface area contributed by atoms with E-state index in [1.807, 2.05) is 13.8 Å². The average molecular weight is 388 g/mol. The van der Waals surface area contributed by atoms with Crippen molar-refractivity contribution in [3.05, 3.63) is 29.6 Å². The van der Waals surface area contributed by atoms with Crippen molar-refractivity contribution < 1.29 is 26.9 Å². The molecule has 0 aliphatic carbocycles. The summed E-state index contributed by atoms with van der Waals surface area (Å²) < 4.78 is 47.5. The van der Waals surface area contributed by atoms with Crippen molar-refractivity contribution in [2.45, 2.75) is 58.2 Å². The SMILES string of the molecule is Cc1ncc(C(C)(C)c2cc(NC(=O)C(C)(C)NCCC(F)(F)F)on2)o1. The maximum absolute atomic E-state index is 12.4. The Hall–Kier alpha value is -2.36. The number of hydrogen-bond acceptors (Lipinski definition) is 6. The smallest absolute Gasteiger partial charge is 0.390 e. The summed E-state index contributed by atoms with van der Waals surface area (Å²) in [5.41, 5.74) is -1.36. The van der Waals surface area contributed by atoms with Crippen molar-refractivity contribution in [3.63, 3.8) is 0 Å². The molecule has 2 N–H and O–H groups in total. The Morgan fingerprint density at radius 3 is 2.44 bits per heavy atom. The van der Waals surface area contributed by atoms with Gasteiger partial charge >= 0.3 is 6.18 Å². The van der Waals surface area contributed by atoms with Crippen LogP contribution in [0, 0.1) is 6.92 Å². The molecule has 2 heterocycles. The number of carbonyl (C=O) groups excluding carboxylic acids is 1. The lowest BCUT2D eigenvalue weighted by Gasteiger charge is -2.24. The van der Waals surface area contributed by atoms with Crippen LogP contribution in [-0.4, -0.2) is 34.3 Å². The Morgan fingerprint density at radius 2 is 1.89 bits per heavy atom. The molecule has 0 aliphatic rings. The Bertz CT molecular complexity index is 793. The molecule has 0 radical (unpaired) electrons. The molecule has 0 saturated carbocycles. The maximum Gasteiger partial charge on any atom is 0.390 e. The van der Waals surface area contributed by atoms with Crippen LogP contribution in [0.4, 0.5) is 19.1 Å². The molecule has 0 fully saturated rings. The van der Waals surface area contributed by atoms with E-state index in [-0.39, 0.29) is 12.4 Å². The molecule has 1 amide bonds. The van der Waals surface area contributed by atoms with Crippen molar-refractivity contribution in [2.24, 2.45) is 0 Å². The first-order chi connectivity index (χ1) is 12.3. The van der Waals surface area contributed by atoms with Gasteiger partial charge in [-0.1, -0.05) is 5.16 Å². The highest BCUT2D eigenvalue weighted by atomic mass is 19.4. The van der Waals surface area contributed by atoms with Gasteiger partial charge in [0.25, 0.3) is 0 Å². The molecule has 0 unspecified atom stereocenters. The Kier molecular flexibility index (Phi) is 5.69. The van der Waals surface area contributed by atoms with Gasteiger partial charge in [0.15, 0.2) is 5.89 Å². The van der Waals surface area contributed by atoms with E-state index in [1.165, 1.54) is 13.8 Å². The lowest BCUT2D eigenvalue weighted by atomic mass is 9.87. The molecule has 150 valence electrons. The van der Waals surface area contributed by atoms with Crippen molar-refractivity contribution in [3.8, 4) is 0 Å². The number of oxazole rings is 1. The van der Waals surface area contributed by atoms with E-state index in [2.05, 4.69) is 20.8 Å². The third kappa shape index (κ3) is 5.31. The summed E-state index contributed by atoms with van der Waals surface area (Å²) in [6, 6.07) is 1.54. The van der Waals surface area contributed by atoms with Crippen LogP contribution >= 0.6 is 0 Å². The largest absolute Gasteiger partial charge is 0.445 e. The second-order valence-corrected chi connectivity index (χ2v) is 7.32. The Balaban J connectivity index is 2.03. The highest BCUT2D eigenvalue weighted by Gasteiger charge is 2.34. The quantitative estimate of drug-likeness (QED) is 0.753. The normalized spacial score (nSPS) is 13.0. The predicted molar refractivity (Wildman–Crippen MR) is 91.3 cm³/mol. The van der Waals surface area contributed by atoms with Gasteiger partial charge in [-0.25, -0.2) is 4.98 Å². The molecule has 0 aliphatic heterocycles. The standard InChI is InChI=1S/C17H23F3N4O3/c1-10-21-9-12(26-10)15(2,3)11-8-13(27-24-11)23-14(25)16(4,5)22-7-6-17(18,19)20/h8-9,22H,6-7H2,1-5H3,(H,23,25). The molecule has 0 saturated heterocycles. The fourth-order valence-electron chi connectivity index (χ4n) is 2.27. The van der Waals surface area contributed by atoms with Crippen molar-refractivity contribution in [2.75, 3.05) is 11.9 Å². The van der Waals surface area contributed by atoms with E-state index in [0.717, 1.165) is 0 Å². The van der Waals surface area contributed by atoms with Crippen LogP contribution < -0.4 is 10.6 Å². The van der Waals surface area contributed by atoms with Crippen LogP contribution in [0.25, 0.3) is 0 Å². The summed E-state index contributed by atoms with van der Waals surface area (Å²) in [5, 5.41) is 9.06. The molecule has 27 heavy (non-hydrogen) atoms. The third-order valence-electron chi connectivity index (χ3n) is 4.17. The monoisotopic (exact) mass is 388 g/mol. The Labute approximate surface area is 154 Å². The molecule has 2 aromatic rings. The lowest BCUT2D eigenvalue weighted by molar-refractivity contribution is -0.135. The number of aryl methyl sites for hydroxylation is 1. The average Bonchev–Trinajstić information content (AvgIpc) is 3.15. The van der Waals surface area contributed by atoms with E-state index >= 15 is 0 Å². The molecule has 0 atom stereocenters. The third-order valence-corrected chi connectivity index (χ3v) is 4.17. The fraction of sp³-hybridized carbons (Fsp3) is 0.588. The van der Waals surface area contributed by atoms with Gasteiger partial charge in [0, 0.05) is 19.5 Å². The van der Waals surface area contributed by atoms with E-state index < -0.39 is 29.5 Å². The van der Waals surface area contributed by atoms with Crippen molar-refractivity contribution in [1.29, 1.82) is 0 Å². The zero-order chi connectivity index (χ0) is 20.5. The zero-order valence-corrected chi connectivity index (χ0v) is 15.8. The number of amides is 1. The summed E-state index contributed by atoms with van der Waals surface area (Å²) in [6.07, 6.45) is -3.72. The minimum absolute atomic E-state index is 0.0880. The molecule has 2 aromatic heterocycles. The van der Waals surface area contributed by atoms with E-state index in [9.17, 15) is 18.0 Å². The number of anilines is 1. The number of carbonyl (C=O) groups is 1. The topological polar surface area (TPSA) is 93.2 Å². The molecule has 0 aromatic carbocycles. The summed E-state index contributed by atoms with van der Waals surface area (Å²) in [6.45, 7) is 8.04. The van der Waals surface area contributed by atoms with Crippen LogP contribution in [0.1, 0.15) is 51.5 Å². The van der Waals surface area contributed by atoms with E-state index in [1.54, 1.807) is 19.2 Å². The number of nitrogens with zero attached hydrogens (tertiary/aromatic N) is 2. The van der Waals surface area contributed by atoms with Gasteiger partial charge in [0.2, 0.25) is 11.8 Å². The number of aromatic nitrogens is 2. The summed E-state index contributed by atoms with van der Waals surface area (Å²) in [5.74, 6) is 0.646. The van der Waals surface area contributed by atoms with Gasteiger partial charge in [-0.2, -0.15) is 13.2 Å². The van der Waals surface area contributed by atoms with E-state index in [4.69, 9.17) is 8.94 Å². The van der Waals surface area contributed by atoms with Gasteiger partial charge < -0.3 is 14.3 Å². The van der Waals surface area contributed by atoms with Crippen LogP contribution in [0.5, 0.6) is 0 Å². The minimum atomic E-state index is -4.29. The van der Waals surface area contributed by atoms with Crippen LogP contribution in [0.15, 0.2) is 21.2 Å². The molecule has 2 rings (SSSR count). The molecular weight excluding hydrogens is 365 g/mol. The highest BCUT2D eigenvalue weighted by Crippen LogP contribution is 2.32. The second-order valence-electron chi connectivity index (χ2n) is 7.32. The molecule has 10 heteroatoms. The van der Waals surface area contributed by atoms with Crippen molar-refractivity contribution >= 4 is 11.8 Å². The predicted octanol–water partition coefficient (Wildman–Crippen LogP) is 3.56. The van der Waals surface area contributed by atoms with Gasteiger partial charge in [-0.05, 0) is 27.7 Å². The van der Waals surface area contributed by atoms with Crippen LogP contribution in [-0.2, 0) is 10.2 Å². The first-order valence-electron chi connectivity index (χ1n) is 8.34. The molecule has 7 nitrogen and oxygen atoms in total. The number of nitrogens with one attached hydrogen (secondary N) is 2. The van der Waals surface area contributed by atoms with Gasteiger partial charge in [-0.15, -0.1) is 0 Å². The van der Waals surface area contributed by atoms with Gasteiger partial charge in [0.05, 0.1) is 29.3 Å². The summed E-state index contributed by atoms with van der Waals surface area (Å²) in [7, 11) is 0. The summed E-state index contributed by atoms with van der Waals surface area (Å²) in [4.78, 5) is 16.4. The summed E-state index contributed by atoms with van der Waals surface area (Å²) >= 11 is 0. The number of halogens is 3. The van der Waals surface area contributed by atoms with Gasteiger partial charge in [-0.3, -0.25) is 10.1 Å². The Morgan fingerprint density at radius 1 is 1.22 bits per heavy atom. The van der Waals surface area contributed by atoms with Crippen LogP contribution in [0.3, 0.4) is 0 Å². The fourth-order valence-corrected chi connectivity index (χ4v) is 2.27. The first kappa shape index (κ1) is 20.9. The van der Waals surface area contributed by atoms with E-state index in [0.29, 0.717) is 17.3 Å². The zero-order valence-electron chi connectivity index (χ0n) is 15.8. The number of alkyl halides is 3. The number of rotatable bonds is 7. The highest BCUT2D eigenvalue weighted by molar-refractivity contribution is 5.96. The second kappa shape index (κ2) is 7.34. The maximum atomic E-state index is 12.4. The van der Waals surface area contributed by atoms with Crippen LogP contribution in [0.2, 0.25) is 0 Å². The van der Waals surface area contributed by atoms with Gasteiger partial charge in [0.1, 0.15) is 5.76 Å². The first-order valence-corrected chi connectivity index (χ1v) is 8.34. The molecule has 0 spiro atoms. The molecular formula is C17H23F3N4O3. The minimum Gasteiger partial charge on any atom is -0.445 e. The van der Waals surface area contributed by atoms with Crippen molar-refractivity contribution in [1.82, 2.24) is 15.5 Å². The number of hydrogen-bond donors (Lipinski definition) is 2. The molecule has 0 bridgehead atoms.